The van der Waals surface area contributed by atoms with E-state index in [9.17, 15) is 0 Å². The van der Waals surface area contributed by atoms with Gasteiger partial charge in [0.15, 0.2) is 5.76 Å². The quantitative estimate of drug-likeness (QED) is 0.511. The summed E-state index contributed by atoms with van der Waals surface area (Å²) in [4.78, 5) is 4.09. The van der Waals surface area contributed by atoms with E-state index in [1.54, 1.807) is 6.20 Å². The normalized spacial score (nSPS) is 11.1. The summed E-state index contributed by atoms with van der Waals surface area (Å²) in [6, 6.07) is 24.6. The van der Waals surface area contributed by atoms with Crippen LogP contribution >= 0.6 is 0 Å². The van der Waals surface area contributed by atoms with Crippen molar-refractivity contribution in [2.45, 2.75) is 12.8 Å². The molecule has 2 heterocycles. The number of hydrogen-bond acceptors (Lipinski definition) is 4. The Bertz CT molecular complexity index is 1070. The van der Waals surface area contributed by atoms with Gasteiger partial charge in [-0.3, -0.25) is 0 Å². The van der Waals surface area contributed by atoms with Gasteiger partial charge in [-0.05, 0) is 35.2 Å². The van der Waals surface area contributed by atoms with E-state index in [1.165, 1.54) is 16.7 Å². The highest BCUT2D eigenvalue weighted by Gasteiger charge is 2.10. The topological polar surface area (TPSA) is 64.9 Å². The first-order valence-corrected chi connectivity index (χ1v) is 9.24. The lowest BCUT2D eigenvalue weighted by Crippen LogP contribution is -1.91. The molecule has 2 aromatic carbocycles. The number of nitrogen functional groups attached to an aromatic ring is 1. The van der Waals surface area contributed by atoms with Crippen molar-refractivity contribution in [3.05, 3.63) is 107 Å². The Hall–Kier alpha value is -3.66. The zero-order chi connectivity index (χ0) is 19.2. The van der Waals surface area contributed by atoms with Crippen molar-refractivity contribution in [2.24, 2.45) is 0 Å². The highest BCUT2D eigenvalue weighted by molar-refractivity contribution is 5.69. The number of allylic oxidation sites excluding steroid dienone is 1. The molecule has 0 aliphatic carbocycles. The summed E-state index contributed by atoms with van der Waals surface area (Å²) in [5, 5.41) is 4.16. The molecule has 138 valence electrons. The van der Waals surface area contributed by atoms with Gasteiger partial charge in [-0.25, -0.2) is 4.98 Å². The predicted molar refractivity (Wildman–Crippen MR) is 113 cm³/mol. The molecular formula is C24H21N3O. The summed E-state index contributed by atoms with van der Waals surface area (Å²) in [6.07, 6.45) is 7.63. The zero-order valence-corrected chi connectivity index (χ0v) is 15.5. The maximum absolute atomic E-state index is 5.90. The fourth-order valence-electron chi connectivity index (χ4n) is 3.05. The predicted octanol–water partition coefficient (Wildman–Crippen LogP) is 5.17. The third kappa shape index (κ3) is 4.35. The Morgan fingerprint density at radius 3 is 2.50 bits per heavy atom. The fraction of sp³-hybridized carbons (Fsp3) is 0.0833. The highest BCUT2D eigenvalue weighted by atomic mass is 16.5. The summed E-state index contributed by atoms with van der Waals surface area (Å²) in [6.45, 7) is 0. The van der Waals surface area contributed by atoms with Crippen LogP contribution in [-0.2, 0) is 12.8 Å². The standard InChI is InChI=1S/C24H21N3O/c25-24-22(10-5-15-26-24)23-17-21(27-28-23)16-20-13-11-19(12-14-20)9-4-8-18-6-2-1-3-7-18/h1-7,9-15,17H,8,16H2,(H2,25,26). The zero-order valence-electron chi connectivity index (χ0n) is 15.5. The lowest BCUT2D eigenvalue weighted by Gasteiger charge is -2.00. The summed E-state index contributed by atoms with van der Waals surface area (Å²) in [5.74, 6) is 1.08. The van der Waals surface area contributed by atoms with Gasteiger partial charge in [0.25, 0.3) is 0 Å². The molecule has 0 amide bonds. The van der Waals surface area contributed by atoms with Crippen LogP contribution in [0.2, 0.25) is 0 Å². The number of rotatable bonds is 6. The van der Waals surface area contributed by atoms with E-state index >= 15 is 0 Å². The molecule has 4 aromatic rings. The van der Waals surface area contributed by atoms with Gasteiger partial charge >= 0.3 is 0 Å². The number of nitrogens with two attached hydrogens (primary N) is 1. The van der Waals surface area contributed by atoms with E-state index in [1.807, 2.05) is 24.3 Å². The Morgan fingerprint density at radius 1 is 0.893 bits per heavy atom. The number of benzene rings is 2. The molecular weight excluding hydrogens is 346 g/mol. The largest absolute Gasteiger partial charge is 0.383 e. The van der Waals surface area contributed by atoms with Crippen molar-refractivity contribution < 1.29 is 4.52 Å². The lowest BCUT2D eigenvalue weighted by molar-refractivity contribution is 0.425. The number of aromatic nitrogens is 2. The Balaban J connectivity index is 1.39. The fourth-order valence-corrected chi connectivity index (χ4v) is 3.05. The summed E-state index contributed by atoms with van der Waals surface area (Å²) < 4.78 is 5.44. The van der Waals surface area contributed by atoms with Crippen LogP contribution in [0.4, 0.5) is 5.82 Å². The number of anilines is 1. The van der Waals surface area contributed by atoms with Crippen LogP contribution in [0.5, 0.6) is 0 Å². The SMILES string of the molecule is Nc1ncccc1-c1cc(Cc2ccc(C=CCc3ccccc3)cc2)no1. The Labute approximate surface area is 164 Å². The maximum Gasteiger partial charge on any atom is 0.170 e. The molecule has 0 fully saturated rings. The third-order valence-electron chi connectivity index (χ3n) is 4.53. The van der Waals surface area contributed by atoms with Crippen LogP contribution in [0, 0.1) is 0 Å². The summed E-state index contributed by atoms with van der Waals surface area (Å²) >= 11 is 0. The molecule has 0 atom stereocenters. The van der Waals surface area contributed by atoms with Gasteiger partial charge in [-0.15, -0.1) is 0 Å². The molecule has 0 aliphatic heterocycles. The van der Waals surface area contributed by atoms with Crippen molar-refractivity contribution in [3.63, 3.8) is 0 Å². The maximum atomic E-state index is 5.90. The molecule has 2 N–H and O–H groups in total. The van der Waals surface area contributed by atoms with Crippen molar-refractivity contribution in [3.8, 4) is 11.3 Å². The molecule has 0 unspecified atom stereocenters. The van der Waals surface area contributed by atoms with Crippen molar-refractivity contribution >= 4 is 11.9 Å². The molecule has 28 heavy (non-hydrogen) atoms. The van der Waals surface area contributed by atoms with Crippen molar-refractivity contribution in [2.75, 3.05) is 5.73 Å². The molecule has 4 heteroatoms. The second-order valence-electron chi connectivity index (χ2n) is 6.63. The second-order valence-corrected chi connectivity index (χ2v) is 6.63. The molecule has 0 saturated heterocycles. The first kappa shape index (κ1) is 17.7. The average Bonchev–Trinajstić information content (AvgIpc) is 3.19. The van der Waals surface area contributed by atoms with Crippen LogP contribution in [-0.4, -0.2) is 10.1 Å². The van der Waals surface area contributed by atoms with E-state index in [0.717, 1.165) is 17.7 Å². The summed E-state index contributed by atoms with van der Waals surface area (Å²) in [5.41, 5.74) is 11.2. The van der Waals surface area contributed by atoms with Crippen LogP contribution < -0.4 is 5.73 Å². The number of nitrogens with zero attached hydrogens (tertiary/aromatic N) is 2. The minimum atomic E-state index is 0.442. The van der Waals surface area contributed by atoms with Crippen LogP contribution in [0.25, 0.3) is 17.4 Å². The molecule has 4 nitrogen and oxygen atoms in total. The van der Waals surface area contributed by atoms with Crippen LogP contribution in [0.3, 0.4) is 0 Å². The van der Waals surface area contributed by atoms with Gasteiger partial charge in [-0.2, -0.15) is 0 Å². The highest BCUT2D eigenvalue weighted by Crippen LogP contribution is 2.25. The smallest absolute Gasteiger partial charge is 0.170 e. The average molecular weight is 367 g/mol. The molecule has 0 radical (unpaired) electrons. The van der Waals surface area contributed by atoms with E-state index in [4.69, 9.17) is 10.3 Å². The third-order valence-corrected chi connectivity index (χ3v) is 4.53. The van der Waals surface area contributed by atoms with Crippen molar-refractivity contribution in [1.82, 2.24) is 10.1 Å². The summed E-state index contributed by atoms with van der Waals surface area (Å²) in [7, 11) is 0. The molecule has 2 aromatic heterocycles. The Morgan fingerprint density at radius 2 is 1.71 bits per heavy atom. The Kier molecular flexibility index (Phi) is 5.29. The molecule has 0 aliphatic rings. The molecule has 0 saturated carbocycles. The first-order chi connectivity index (χ1) is 13.8. The second kappa shape index (κ2) is 8.35. The van der Waals surface area contributed by atoms with Gasteiger partial charge in [0, 0.05) is 18.7 Å². The van der Waals surface area contributed by atoms with Gasteiger partial charge in [0.2, 0.25) is 0 Å². The van der Waals surface area contributed by atoms with E-state index in [0.29, 0.717) is 18.0 Å². The minimum Gasteiger partial charge on any atom is -0.383 e. The molecule has 0 bridgehead atoms. The first-order valence-electron chi connectivity index (χ1n) is 9.24. The van der Waals surface area contributed by atoms with E-state index in [-0.39, 0.29) is 0 Å². The van der Waals surface area contributed by atoms with E-state index < -0.39 is 0 Å². The monoisotopic (exact) mass is 367 g/mol. The van der Waals surface area contributed by atoms with Gasteiger partial charge < -0.3 is 10.3 Å². The molecule has 4 rings (SSSR count). The van der Waals surface area contributed by atoms with Crippen LogP contribution in [0.1, 0.15) is 22.4 Å². The minimum absolute atomic E-state index is 0.442. The van der Waals surface area contributed by atoms with Crippen molar-refractivity contribution in [1.29, 1.82) is 0 Å². The lowest BCUT2D eigenvalue weighted by atomic mass is 10.1. The van der Waals surface area contributed by atoms with Gasteiger partial charge in [-0.1, -0.05) is 71.9 Å². The number of pyridine rings is 1. The van der Waals surface area contributed by atoms with Gasteiger partial charge in [0.1, 0.15) is 5.82 Å². The molecule has 0 spiro atoms. The van der Waals surface area contributed by atoms with Gasteiger partial charge in [0.05, 0.1) is 11.3 Å². The van der Waals surface area contributed by atoms with Crippen LogP contribution in [0.15, 0.2) is 89.6 Å². The number of hydrogen-bond donors (Lipinski definition) is 1. The van der Waals surface area contributed by atoms with E-state index in [2.05, 4.69) is 70.8 Å².